The van der Waals surface area contributed by atoms with Crippen molar-refractivity contribution in [1.29, 1.82) is 0 Å². The van der Waals surface area contributed by atoms with Crippen LogP contribution in [0.15, 0.2) is 24.3 Å². The molecule has 1 aliphatic carbocycles. The van der Waals surface area contributed by atoms with Gasteiger partial charge in [0.05, 0.1) is 25.1 Å². The average molecular weight is 221 g/mol. The highest BCUT2D eigenvalue weighted by Crippen LogP contribution is 2.32. The van der Waals surface area contributed by atoms with Crippen LogP contribution in [0.1, 0.15) is 13.3 Å². The van der Waals surface area contributed by atoms with Crippen LogP contribution in [0, 0.1) is 5.92 Å². The lowest BCUT2D eigenvalue weighted by Crippen LogP contribution is -2.37. The zero-order chi connectivity index (χ0) is 11.7. The lowest BCUT2D eigenvalue weighted by molar-refractivity contribution is -0.139. The minimum absolute atomic E-state index is 0.0139. The van der Waals surface area contributed by atoms with Crippen molar-refractivity contribution in [3.8, 4) is 0 Å². The molecule has 1 amide bonds. The molecule has 0 aromatic carbocycles. The quantitative estimate of drug-likeness (QED) is 0.402. The number of hydrogen-bond donors (Lipinski definition) is 0. The van der Waals surface area contributed by atoms with Gasteiger partial charge in [-0.1, -0.05) is 18.7 Å². The van der Waals surface area contributed by atoms with Crippen LogP contribution in [-0.4, -0.2) is 36.0 Å². The number of nitrogens with zero attached hydrogens (tertiary/aromatic N) is 1. The maximum absolute atomic E-state index is 11.8. The zero-order valence-electron chi connectivity index (χ0n) is 9.31. The summed E-state index contributed by atoms with van der Waals surface area (Å²) in [5.41, 5.74) is 0.344. The van der Waals surface area contributed by atoms with Crippen molar-refractivity contribution in [3.05, 3.63) is 24.3 Å². The Hall–Kier alpha value is -1.58. The van der Waals surface area contributed by atoms with Crippen LogP contribution in [0.2, 0.25) is 0 Å². The molecule has 0 spiro atoms. The first-order chi connectivity index (χ1) is 7.63. The molecular formula is C12H15NO3. The van der Waals surface area contributed by atoms with Gasteiger partial charge in [-0.25, -0.2) is 4.79 Å². The van der Waals surface area contributed by atoms with E-state index in [4.69, 9.17) is 4.74 Å². The van der Waals surface area contributed by atoms with E-state index in [-0.39, 0.29) is 24.4 Å². The van der Waals surface area contributed by atoms with E-state index in [9.17, 15) is 9.59 Å². The molecule has 86 valence electrons. The minimum Gasteiger partial charge on any atom is -0.463 e. The molecule has 0 N–H and O–H groups in total. The fourth-order valence-electron chi connectivity index (χ4n) is 2.17. The Kier molecular flexibility index (Phi) is 2.81. The first-order valence-electron chi connectivity index (χ1n) is 5.47. The van der Waals surface area contributed by atoms with Crippen LogP contribution >= 0.6 is 0 Å². The van der Waals surface area contributed by atoms with Crippen LogP contribution in [0.25, 0.3) is 0 Å². The van der Waals surface area contributed by atoms with Gasteiger partial charge in [-0.3, -0.25) is 4.79 Å². The van der Waals surface area contributed by atoms with E-state index in [2.05, 4.69) is 6.58 Å². The van der Waals surface area contributed by atoms with Gasteiger partial charge in [0, 0.05) is 5.57 Å². The predicted octanol–water partition coefficient (Wildman–Crippen LogP) is 0.893. The Morgan fingerprint density at radius 2 is 2.38 bits per heavy atom. The minimum atomic E-state index is -0.415. The molecule has 0 aromatic heterocycles. The number of likely N-dealkylation sites (tertiary alicyclic amines) is 1. The van der Waals surface area contributed by atoms with Crippen molar-refractivity contribution in [2.75, 3.05) is 13.2 Å². The van der Waals surface area contributed by atoms with Crippen molar-refractivity contribution >= 4 is 11.9 Å². The average Bonchev–Trinajstić information content (AvgIpc) is 2.82. The normalized spacial score (nSPS) is 26.3. The second kappa shape index (κ2) is 4.12. The van der Waals surface area contributed by atoms with E-state index in [0.717, 1.165) is 6.42 Å². The highest BCUT2D eigenvalue weighted by molar-refractivity contribution is 5.91. The van der Waals surface area contributed by atoms with Crippen LogP contribution < -0.4 is 0 Å². The Balaban J connectivity index is 1.96. The summed E-state index contributed by atoms with van der Waals surface area (Å²) in [7, 11) is 0. The third-order valence-corrected chi connectivity index (χ3v) is 2.99. The number of carbonyl (C=O) groups excluding carboxylic acids is 2. The molecule has 0 radical (unpaired) electrons. The molecule has 0 aromatic rings. The first kappa shape index (κ1) is 10.9. The monoisotopic (exact) mass is 221 g/mol. The van der Waals surface area contributed by atoms with Gasteiger partial charge >= 0.3 is 5.97 Å². The fourth-order valence-corrected chi connectivity index (χ4v) is 2.17. The highest BCUT2D eigenvalue weighted by atomic mass is 16.5. The summed E-state index contributed by atoms with van der Waals surface area (Å²) >= 11 is 0. The third kappa shape index (κ3) is 1.75. The number of rotatable bonds is 4. The number of carbonyl (C=O) groups is 2. The molecule has 2 rings (SSSR count). The van der Waals surface area contributed by atoms with Gasteiger partial charge in [-0.2, -0.15) is 0 Å². The summed E-state index contributed by atoms with van der Waals surface area (Å²) < 4.78 is 4.83. The Morgan fingerprint density at radius 1 is 1.62 bits per heavy atom. The lowest BCUT2D eigenvalue weighted by Gasteiger charge is -2.24. The van der Waals surface area contributed by atoms with E-state index >= 15 is 0 Å². The van der Waals surface area contributed by atoms with Crippen LogP contribution in [0.3, 0.4) is 0 Å². The van der Waals surface area contributed by atoms with Gasteiger partial charge in [0.2, 0.25) is 5.91 Å². The number of esters is 1. The maximum atomic E-state index is 11.8. The van der Waals surface area contributed by atoms with Crippen molar-refractivity contribution in [1.82, 2.24) is 4.90 Å². The number of ether oxygens (including phenoxy) is 1. The molecular weight excluding hydrogens is 206 g/mol. The number of amides is 1. The summed E-state index contributed by atoms with van der Waals surface area (Å²) in [6.07, 6.45) is 4.80. The molecule has 4 nitrogen and oxygen atoms in total. The molecule has 1 fully saturated rings. The lowest BCUT2D eigenvalue weighted by atomic mass is 10.1. The second-order valence-electron chi connectivity index (χ2n) is 4.08. The number of hydrogen-bond acceptors (Lipinski definition) is 3. The maximum Gasteiger partial charge on any atom is 0.335 e. The molecule has 2 bridgehead atoms. The molecule has 1 aliphatic heterocycles. The molecule has 1 heterocycles. The summed E-state index contributed by atoms with van der Waals surface area (Å²) in [5.74, 6) is -0.306. The molecule has 0 saturated carbocycles. The Bertz CT molecular complexity index is 372. The van der Waals surface area contributed by atoms with E-state index in [1.807, 2.05) is 12.2 Å². The number of fused-ring (bicyclic) bond motifs is 2. The smallest absolute Gasteiger partial charge is 0.335 e. The van der Waals surface area contributed by atoms with Crippen LogP contribution in [0.5, 0.6) is 0 Å². The standard InChI is InChI=1S/C12H15NO3/c1-3-16-12(15)8(2)7-13-10-5-4-9(6-10)11(13)14/h4-5,9-10H,2-3,6-7H2,1H3. The van der Waals surface area contributed by atoms with Crippen molar-refractivity contribution in [2.24, 2.45) is 5.92 Å². The zero-order valence-corrected chi connectivity index (χ0v) is 9.31. The van der Waals surface area contributed by atoms with Gasteiger partial charge in [0.1, 0.15) is 0 Å². The fraction of sp³-hybridized carbons (Fsp3) is 0.500. The molecule has 2 aliphatic rings. The summed E-state index contributed by atoms with van der Waals surface area (Å²) in [4.78, 5) is 24.8. The second-order valence-corrected chi connectivity index (χ2v) is 4.08. The molecule has 1 saturated heterocycles. The molecule has 2 unspecified atom stereocenters. The Labute approximate surface area is 94.6 Å². The van der Waals surface area contributed by atoms with Crippen molar-refractivity contribution < 1.29 is 14.3 Å². The summed E-state index contributed by atoms with van der Waals surface area (Å²) in [5, 5.41) is 0. The van der Waals surface area contributed by atoms with Gasteiger partial charge in [0.15, 0.2) is 0 Å². The van der Waals surface area contributed by atoms with E-state index in [1.165, 1.54) is 0 Å². The summed E-state index contributed by atoms with van der Waals surface area (Å²) in [6, 6.07) is 0.142. The van der Waals surface area contributed by atoms with Crippen molar-refractivity contribution in [3.63, 3.8) is 0 Å². The van der Waals surface area contributed by atoms with Gasteiger partial charge in [-0.15, -0.1) is 0 Å². The Morgan fingerprint density at radius 3 is 2.94 bits per heavy atom. The SMILES string of the molecule is C=C(CN1C(=O)C2C=CC1C2)C(=O)OCC. The molecule has 4 heteroatoms. The predicted molar refractivity (Wildman–Crippen MR) is 58.5 cm³/mol. The molecule has 16 heavy (non-hydrogen) atoms. The third-order valence-electron chi connectivity index (χ3n) is 2.99. The topological polar surface area (TPSA) is 46.6 Å². The van der Waals surface area contributed by atoms with Gasteiger partial charge < -0.3 is 9.64 Å². The highest BCUT2D eigenvalue weighted by Gasteiger charge is 2.41. The van der Waals surface area contributed by atoms with Crippen molar-refractivity contribution in [2.45, 2.75) is 19.4 Å². The van der Waals surface area contributed by atoms with Gasteiger partial charge in [-0.05, 0) is 13.3 Å². The largest absolute Gasteiger partial charge is 0.463 e. The van der Waals surface area contributed by atoms with Gasteiger partial charge in [0.25, 0.3) is 0 Å². The van der Waals surface area contributed by atoms with E-state index < -0.39 is 5.97 Å². The van der Waals surface area contributed by atoms with Crippen LogP contribution in [0.4, 0.5) is 0 Å². The van der Waals surface area contributed by atoms with E-state index in [1.54, 1.807) is 11.8 Å². The van der Waals surface area contributed by atoms with E-state index in [0.29, 0.717) is 12.2 Å². The van der Waals surface area contributed by atoms with Crippen LogP contribution in [-0.2, 0) is 14.3 Å². The summed E-state index contributed by atoms with van der Waals surface area (Å²) in [6.45, 7) is 6.02. The first-order valence-corrected chi connectivity index (χ1v) is 5.47. The molecule has 2 atom stereocenters.